The minimum Gasteiger partial charge on any atom is -0.381 e. The number of halogens is 1. The van der Waals surface area contributed by atoms with E-state index in [1.165, 1.54) is 12.7 Å². The first-order chi connectivity index (χ1) is 9.35. The van der Waals surface area contributed by atoms with Crippen LogP contribution in [0.1, 0.15) is 27.2 Å². The number of rotatable bonds is 3. The highest BCUT2D eigenvalue weighted by Gasteiger charge is 2.28. The first-order valence-electron chi connectivity index (χ1n) is 6.77. The van der Waals surface area contributed by atoms with Crippen molar-refractivity contribution in [1.29, 1.82) is 0 Å². The third-order valence-electron chi connectivity index (χ3n) is 3.26. The Morgan fingerprint density at radius 3 is 2.80 bits per heavy atom. The smallest absolute Gasteiger partial charge is 0.221 e. The van der Waals surface area contributed by atoms with Crippen molar-refractivity contribution in [3.05, 3.63) is 23.2 Å². The Morgan fingerprint density at radius 2 is 2.20 bits per heavy atom. The molecular weight excluding hydrogens is 292 g/mol. The van der Waals surface area contributed by atoms with Crippen LogP contribution in [0.15, 0.2) is 18.2 Å². The summed E-state index contributed by atoms with van der Waals surface area (Å²) in [6, 6.07) is 6.14. The van der Waals surface area contributed by atoms with Gasteiger partial charge in [-0.3, -0.25) is 4.79 Å². The molecule has 0 spiro atoms. The van der Waals surface area contributed by atoms with Crippen molar-refractivity contribution >= 4 is 40.6 Å². The molecule has 1 unspecified atom stereocenters. The fourth-order valence-corrected chi connectivity index (χ4v) is 3.99. The zero-order valence-corrected chi connectivity index (χ0v) is 13.7. The Kier molecular flexibility index (Phi) is 4.86. The molecule has 1 aromatic carbocycles. The number of hydrogen-bond donors (Lipinski definition) is 2. The monoisotopic (exact) mass is 312 g/mol. The fourth-order valence-electron chi connectivity index (χ4n) is 2.49. The molecule has 1 aromatic rings. The summed E-state index contributed by atoms with van der Waals surface area (Å²) in [4.78, 5) is 11.1. The number of carbonyl (C=O) groups is 1. The second-order valence-corrected chi connectivity index (χ2v) is 7.54. The molecule has 1 amide bonds. The van der Waals surface area contributed by atoms with Crippen LogP contribution in [0.2, 0.25) is 5.02 Å². The molecule has 0 radical (unpaired) electrons. The van der Waals surface area contributed by atoms with E-state index in [1.807, 2.05) is 30.0 Å². The Morgan fingerprint density at radius 1 is 1.45 bits per heavy atom. The van der Waals surface area contributed by atoms with Crippen molar-refractivity contribution in [2.45, 2.75) is 33.2 Å². The molecule has 3 nitrogen and oxygen atoms in total. The molecular formula is C15H21ClN2OS. The molecule has 2 N–H and O–H groups in total. The number of amides is 1. The summed E-state index contributed by atoms with van der Waals surface area (Å²) in [7, 11) is 0. The van der Waals surface area contributed by atoms with Crippen LogP contribution in [-0.2, 0) is 4.79 Å². The summed E-state index contributed by atoms with van der Waals surface area (Å²) in [5, 5.41) is 6.82. The van der Waals surface area contributed by atoms with E-state index in [-0.39, 0.29) is 5.91 Å². The lowest BCUT2D eigenvalue weighted by molar-refractivity contribution is -0.114. The van der Waals surface area contributed by atoms with E-state index in [0.29, 0.717) is 22.2 Å². The van der Waals surface area contributed by atoms with Crippen LogP contribution in [0.25, 0.3) is 0 Å². The van der Waals surface area contributed by atoms with Crippen LogP contribution in [0, 0.1) is 5.41 Å². The molecule has 5 heteroatoms. The molecule has 1 aliphatic heterocycles. The van der Waals surface area contributed by atoms with E-state index >= 15 is 0 Å². The number of hydrogen-bond acceptors (Lipinski definition) is 3. The zero-order valence-electron chi connectivity index (χ0n) is 12.1. The van der Waals surface area contributed by atoms with Crippen molar-refractivity contribution in [3.8, 4) is 0 Å². The number of carbonyl (C=O) groups excluding carboxylic acids is 1. The topological polar surface area (TPSA) is 41.1 Å². The fraction of sp³-hybridized carbons (Fsp3) is 0.533. The van der Waals surface area contributed by atoms with Crippen LogP contribution >= 0.6 is 23.4 Å². The molecule has 1 fully saturated rings. The minimum atomic E-state index is -0.113. The van der Waals surface area contributed by atoms with Gasteiger partial charge < -0.3 is 10.6 Å². The summed E-state index contributed by atoms with van der Waals surface area (Å²) in [6.07, 6.45) is 1.16. The molecule has 1 saturated heterocycles. The van der Waals surface area contributed by atoms with Gasteiger partial charge in [-0.15, -0.1) is 0 Å². The lowest BCUT2D eigenvalue weighted by atomic mass is 9.88. The molecule has 1 atom stereocenters. The summed E-state index contributed by atoms with van der Waals surface area (Å²) < 4.78 is 0. The first kappa shape index (κ1) is 15.5. The van der Waals surface area contributed by atoms with Crippen molar-refractivity contribution in [2.75, 3.05) is 22.1 Å². The molecule has 110 valence electrons. The highest BCUT2D eigenvalue weighted by Crippen LogP contribution is 2.35. The predicted molar refractivity (Wildman–Crippen MR) is 88.9 cm³/mol. The maximum absolute atomic E-state index is 11.1. The van der Waals surface area contributed by atoms with Gasteiger partial charge in [-0.2, -0.15) is 11.8 Å². The Hall–Kier alpha value is -0.870. The Balaban J connectivity index is 2.03. The Bertz CT molecular complexity index is 505. The molecule has 20 heavy (non-hydrogen) atoms. The van der Waals surface area contributed by atoms with Crippen LogP contribution < -0.4 is 10.6 Å². The third kappa shape index (κ3) is 4.32. The second-order valence-electron chi connectivity index (χ2n) is 6.10. The highest BCUT2D eigenvalue weighted by atomic mass is 35.5. The average molecular weight is 313 g/mol. The van der Waals surface area contributed by atoms with Crippen molar-refractivity contribution in [2.24, 2.45) is 5.41 Å². The third-order valence-corrected chi connectivity index (χ3v) is 5.20. The van der Waals surface area contributed by atoms with E-state index in [9.17, 15) is 4.79 Å². The predicted octanol–water partition coefficient (Wildman–Crippen LogP) is 4.24. The standard InChI is InChI=1S/C15H21ClN2OS/c1-10(19)17-14-5-4-11(6-13(14)16)18-12-7-15(2,3)9-20-8-12/h4-6,12,18H,7-9H2,1-3H3,(H,17,19). The molecule has 0 saturated carbocycles. The molecule has 0 bridgehead atoms. The number of nitrogens with one attached hydrogen (secondary N) is 2. The van der Waals surface area contributed by atoms with Crippen molar-refractivity contribution in [3.63, 3.8) is 0 Å². The molecule has 2 rings (SSSR count). The first-order valence-corrected chi connectivity index (χ1v) is 8.30. The van der Waals surface area contributed by atoms with E-state index in [2.05, 4.69) is 24.5 Å². The summed E-state index contributed by atoms with van der Waals surface area (Å²) >= 11 is 8.18. The summed E-state index contributed by atoms with van der Waals surface area (Å²) in [5.74, 6) is 2.22. The largest absolute Gasteiger partial charge is 0.381 e. The van der Waals surface area contributed by atoms with Gasteiger partial charge in [0.1, 0.15) is 0 Å². The van der Waals surface area contributed by atoms with Crippen LogP contribution in [0.4, 0.5) is 11.4 Å². The normalized spacial score (nSPS) is 21.3. The highest BCUT2D eigenvalue weighted by molar-refractivity contribution is 7.99. The van der Waals surface area contributed by atoms with Gasteiger partial charge in [-0.1, -0.05) is 25.4 Å². The number of thioether (sulfide) groups is 1. The molecule has 1 aliphatic rings. The molecule has 1 heterocycles. The van der Waals surface area contributed by atoms with Gasteiger partial charge in [-0.25, -0.2) is 0 Å². The number of anilines is 2. The second kappa shape index (κ2) is 6.27. The number of benzene rings is 1. The van der Waals surface area contributed by atoms with Gasteiger partial charge >= 0.3 is 0 Å². The van der Waals surface area contributed by atoms with Gasteiger partial charge in [0.2, 0.25) is 5.91 Å². The average Bonchev–Trinajstić information content (AvgIpc) is 2.31. The maximum Gasteiger partial charge on any atom is 0.221 e. The van der Waals surface area contributed by atoms with E-state index in [4.69, 9.17) is 11.6 Å². The summed E-state index contributed by atoms with van der Waals surface area (Å²) in [6.45, 7) is 6.09. The molecule has 0 aromatic heterocycles. The van der Waals surface area contributed by atoms with Gasteiger partial charge in [0.05, 0.1) is 10.7 Å². The van der Waals surface area contributed by atoms with Crippen LogP contribution in [-0.4, -0.2) is 23.5 Å². The van der Waals surface area contributed by atoms with Gasteiger partial charge in [0.25, 0.3) is 0 Å². The van der Waals surface area contributed by atoms with Gasteiger partial charge in [0.15, 0.2) is 0 Å². The van der Waals surface area contributed by atoms with E-state index in [1.54, 1.807) is 0 Å². The SMILES string of the molecule is CC(=O)Nc1ccc(NC2CSCC(C)(C)C2)cc1Cl. The molecule has 0 aliphatic carbocycles. The lowest BCUT2D eigenvalue weighted by Gasteiger charge is -2.35. The van der Waals surface area contributed by atoms with Crippen LogP contribution in [0.3, 0.4) is 0 Å². The Labute approximate surface area is 129 Å². The van der Waals surface area contributed by atoms with E-state index in [0.717, 1.165) is 17.9 Å². The lowest BCUT2D eigenvalue weighted by Crippen LogP contribution is -2.35. The van der Waals surface area contributed by atoms with E-state index < -0.39 is 0 Å². The van der Waals surface area contributed by atoms with Crippen LogP contribution in [0.5, 0.6) is 0 Å². The minimum absolute atomic E-state index is 0.113. The zero-order chi connectivity index (χ0) is 14.8. The van der Waals surface area contributed by atoms with Crippen molar-refractivity contribution < 1.29 is 4.79 Å². The summed E-state index contributed by atoms with van der Waals surface area (Å²) in [5.41, 5.74) is 2.04. The maximum atomic E-state index is 11.1. The van der Waals surface area contributed by atoms with Gasteiger partial charge in [-0.05, 0) is 35.8 Å². The quantitative estimate of drug-likeness (QED) is 0.877. The van der Waals surface area contributed by atoms with Gasteiger partial charge in [0, 0.05) is 24.4 Å². The van der Waals surface area contributed by atoms with Crippen molar-refractivity contribution in [1.82, 2.24) is 0 Å².